The van der Waals surface area contributed by atoms with E-state index in [9.17, 15) is 14.0 Å². The lowest BCUT2D eigenvalue weighted by Gasteiger charge is -2.27. The number of amides is 3. The summed E-state index contributed by atoms with van der Waals surface area (Å²) in [6.07, 6.45) is 0.353. The highest BCUT2D eigenvalue weighted by Gasteiger charge is 2.34. The molecule has 3 amide bonds. The van der Waals surface area contributed by atoms with Crippen molar-refractivity contribution in [3.8, 4) is 0 Å². The highest BCUT2D eigenvalue weighted by Crippen LogP contribution is 2.34. The Morgan fingerprint density at radius 1 is 1.19 bits per heavy atom. The lowest BCUT2D eigenvalue weighted by Crippen LogP contribution is -2.49. The number of urea groups is 1. The Kier molecular flexibility index (Phi) is 6.65. The summed E-state index contributed by atoms with van der Waals surface area (Å²) >= 11 is 6.01. The number of halogens is 2. The molecule has 1 aliphatic heterocycles. The SMILES string of the molecule is CN(CC(=O)N1N=C(c2ccccc2F)C[C@@H]1c1ccc(Cl)cc1)C(=O)NC(C)(C)C. The van der Waals surface area contributed by atoms with Gasteiger partial charge in [0.25, 0.3) is 5.91 Å². The third-order valence-corrected chi connectivity index (χ3v) is 5.06. The first-order valence-electron chi connectivity index (χ1n) is 9.98. The maximum atomic E-state index is 14.4. The van der Waals surface area contributed by atoms with Gasteiger partial charge >= 0.3 is 6.03 Å². The lowest BCUT2D eigenvalue weighted by molar-refractivity contribution is -0.133. The molecule has 2 aromatic carbocycles. The smallest absolute Gasteiger partial charge is 0.318 e. The Labute approximate surface area is 186 Å². The van der Waals surface area contributed by atoms with Crippen molar-refractivity contribution in [2.75, 3.05) is 13.6 Å². The molecule has 8 heteroatoms. The molecule has 0 bridgehead atoms. The van der Waals surface area contributed by atoms with E-state index in [4.69, 9.17) is 11.6 Å². The fourth-order valence-electron chi connectivity index (χ4n) is 3.31. The maximum Gasteiger partial charge on any atom is 0.318 e. The number of carbonyl (C=O) groups is 2. The van der Waals surface area contributed by atoms with Gasteiger partial charge < -0.3 is 10.2 Å². The Bertz CT molecular complexity index is 1000. The minimum absolute atomic E-state index is 0.167. The number of nitrogens with zero attached hydrogens (tertiary/aromatic N) is 3. The van der Waals surface area contributed by atoms with Gasteiger partial charge in [-0.2, -0.15) is 5.10 Å². The fraction of sp³-hybridized carbons (Fsp3) is 0.348. The van der Waals surface area contributed by atoms with E-state index in [0.29, 0.717) is 22.7 Å². The Hall–Kier alpha value is -2.93. The van der Waals surface area contributed by atoms with E-state index >= 15 is 0 Å². The average molecular weight is 445 g/mol. The molecule has 0 aliphatic carbocycles. The van der Waals surface area contributed by atoms with Crippen LogP contribution in [0.25, 0.3) is 0 Å². The van der Waals surface area contributed by atoms with Crippen LogP contribution in [0.4, 0.5) is 9.18 Å². The minimum atomic E-state index is -0.427. The van der Waals surface area contributed by atoms with E-state index in [1.54, 1.807) is 37.4 Å². The van der Waals surface area contributed by atoms with E-state index in [-0.39, 0.29) is 18.5 Å². The number of nitrogens with one attached hydrogen (secondary N) is 1. The third kappa shape index (κ3) is 5.61. The largest absolute Gasteiger partial charge is 0.333 e. The van der Waals surface area contributed by atoms with Crippen molar-refractivity contribution < 1.29 is 14.0 Å². The molecule has 164 valence electrons. The van der Waals surface area contributed by atoms with Crippen LogP contribution in [0.5, 0.6) is 0 Å². The highest BCUT2D eigenvalue weighted by atomic mass is 35.5. The molecule has 0 aromatic heterocycles. The Morgan fingerprint density at radius 3 is 2.45 bits per heavy atom. The van der Waals surface area contributed by atoms with Crippen molar-refractivity contribution >= 4 is 29.3 Å². The van der Waals surface area contributed by atoms with E-state index in [1.165, 1.54) is 16.0 Å². The summed E-state index contributed by atoms with van der Waals surface area (Å²) in [4.78, 5) is 26.8. The van der Waals surface area contributed by atoms with Gasteiger partial charge in [-0.1, -0.05) is 41.9 Å². The van der Waals surface area contributed by atoms with Gasteiger partial charge in [0.15, 0.2) is 0 Å². The van der Waals surface area contributed by atoms with Gasteiger partial charge in [-0.05, 0) is 44.5 Å². The molecule has 0 spiro atoms. The van der Waals surface area contributed by atoms with Crippen molar-refractivity contribution in [3.05, 3.63) is 70.5 Å². The second kappa shape index (κ2) is 9.06. The zero-order valence-electron chi connectivity index (χ0n) is 18.0. The Morgan fingerprint density at radius 2 is 1.84 bits per heavy atom. The predicted molar refractivity (Wildman–Crippen MR) is 120 cm³/mol. The summed E-state index contributed by atoms with van der Waals surface area (Å²) in [5.41, 5.74) is 1.24. The summed E-state index contributed by atoms with van der Waals surface area (Å²) < 4.78 is 14.4. The van der Waals surface area contributed by atoms with Gasteiger partial charge in [-0.25, -0.2) is 14.2 Å². The predicted octanol–water partition coefficient (Wildman–Crippen LogP) is 4.60. The molecule has 0 radical (unpaired) electrons. The first-order chi connectivity index (χ1) is 14.5. The monoisotopic (exact) mass is 444 g/mol. The van der Waals surface area contributed by atoms with Gasteiger partial charge in [0.2, 0.25) is 0 Å². The number of hydrogen-bond donors (Lipinski definition) is 1. The third-order valence-electron chi connectivity index (χ3n) is 4.81. The summed E-state index contributed by atoms with van der Waals surface area (Å²) in [6, 6.07) is 12.7. The standard InChI is InChI=1S/C23H26ClFN4O2/c1-23(2,3)26-22(31)28(4)14-21(30)29-20(15-9-11-16(24)12-10-15)13-19(27-29)17-7-5-6-8-18(17)25/h5-12,20H,13-14H2,1-4H3,(H,26,31)/t20-/m1/s1. The van der Waals surface area contributed by atoms with E-state index in [1.807, 2.05) is 32.9 Å². The van der Waals surface area contributed by atoms with Crippen LogP contribution in [0.1, 0.15) is 44.4 Å². The van der Waals surface area contributed by atoms with Crippen molar-refractivity contribution in [1.82, 2.24) is 15.2 Å². The summed E-state index contributed by atoms with van der Waals surface area (Å²) in [6.45, 7) is 5.42. The molecule has 0 unspecified atom stereocenters. The molecular formula is C23H26ClFN4O2. The number of benzene rings is 2. The molecule has 1 N–H and O–H groups in total. The van der Waals surface area contributed by atoms with E-state index in [0.717, 1.165) is 5.56 Å². The molecule has 3 rings (SSSR count). The Balaban J connectivity index is 1.86. The number of likely N-dealkylation sites (N-methyl/N-ethyl adjacent to an activating group) is 1. The normalized spacial score (nSPS) is 16.1. The van der Waals surface area contributed by atoms with Crippen molar-refractivity contribution in [3.63, 3.8) is 0 Å². The number of hydrazone groups is 1. The summed E-state index contributed by atoms with van der Waals surface area (Å²) in [5.74, 6) is -0.759. The van der Waals surface area contributed by atoms with Crippen LogP contribution >= 0.6 is 11.6 Å². The second-order valence-corrected chi connectivity index (χ2v) is 9.01. The molecule has 0 saturated heterocycles. The summed E-state index contributed by atoms with van der Waals surface area (Å²) in [7, 11) is 1.55. The zero-order chi connectivity index (χ0) is 22.8. The number of carbonyl (C=O) groups excluding carboxylic acids is 2. The second-order valence-electron chi connectivity index (χ2n) is 8.57. The van der Waals surface area contributed by atoms with E-state index < -0.39 is 17.4 Å². The molecule has 0 fully saturated rings. The van der Waals surface area contributed by atoms with Crippen LogP contribution in [0.2, 0.25) is 5.02 Å². The molecule has 6 nitrogen and oxygen atoms in total. The van der Waals surface area contributed by atoms with Crippen molar-refractivity contribution in [2.45, 2.75) is 38.8 Å². The maximum absolute atomic E-state index is 14.4. The minimum Gasteiger partial charge on any atom is -0.333 e. The van der Waals surface area contributed by atoms with Crippen LogP contribution in [0, 0.1) is 5.82 Å². The van der Waals surface area contributed by atoms with E-state index in [2.05, 4.69) is 10.4 Å². The zero-order valence-corrected chi connectivity index (χ0v) is 18.8. The van der Waals surface area contributed by atoms with Crippen molar-refractivity contribution in [2.24, 2.45) is 5.10 Å². The summed E-state index contributed by atoms with van der Waals surface area (Å²) in [5, 5.41) is 9.19. The molecule has 1 aliphatic rings. The lowest BCUT2D eigenvalue weighted by atomic mass is 9.98. The molecule has 1 heterocycles. The number of rotatable bonds is 4. The van der Waals surface area contributed by atoms with Crippen LogP contribution in [0.15, 0.2) is 53.6 Å². The van der Waals surface area contributed by atoms with Gasteiger partial charge in [0.05, 0.1) is 11.8 Å². The van der Waals surface area contributed by atoms with Crippen LogP contribution in [-0.4, -0.2) is 46.7 Å². The van der Waals surface area contributed by atoms with Crippen LogP contribution in [0.3, 0.4) is 0 Å². The first-order valence-corrected chi connectivity index (χ1v) is 10.4. The van der Waals surface area contributed by atoms with Gasteiger partial charge in [-0.15, -0.1) is 0 Å². The van der Waals surface area contributed by atoms with Gasteiger partial charge in [0, 0.05) is 29.6 Å². The van der Waals surface area contributed by atoms with Crippen LogP contribution in [-0.2, 0) is 4.79 Å². The molecule has 0 saturated carbocycles. The topological polar surface area (TPSA) is 65.0 Å². The van der Waals surface area contributed by atoms with Gasteiger partial charge in [0.1, 0.15) is 12.4 Å². The van der Waals surface area contributed by atoms with Crippen molar-refractivity contribution in [1.29, 1.82) is 0 Å². The quantitative estimate of drug-likeness (QED) is 0.749. The number of hydrogen-bond acceptors (Lipinski definition) is 3. The molecule has 1 atom stereocenters. The average Bonchev–Trinajstić information content (AvgIpc) is 3.13. The fourth-order valence-corrected chi connectivity index (χ4v) is 3.43. The molecule has 2 aromatic rings. The first kappa shape index (κ1) is 22.7. The molecule has 31 heavy (non-hydrogen) atoms. The van der Waals surface area contributed by atoms with Gasteiger partial charge in [-0.3, -0.25) is 4.79 Å². The molecular weight excluding hydrogens is 419 g/mol. The highest BCUT2D eigenvalue weighted by molar-refractivity contribution is 6.30. The van der Waals surface area contributed by atoms with Crippen LogP contribution < -0.4 is 5.32 Å².